The van der Waals surface area contributed by atoms with Crippen molar-refractivity contribution in [1.82, 2.24) is 15.1 Å². The van der Waals surface area contributed by atoms with Gasteiger partial charge in [-0.25, -0.2) is 4.79 Å². The Morgan fingerprint density at radius 2 is 1.88 bits per heavy atom. The van der Waals surface area contributed by atoms with Crippen molar-refractivity contribution in [2.75, 3.05) is 34.3 Å². The second-order valence-corrected chi connectivity index (χ2v) is 6.41. The van der Waals surface area contributed by atoms with Gasteiger partial charge >= 0.3 is 6.03 Å². The van der Waals surface area contributed by atoms with Crippen molar-refractivity contribution in [3.05, 3.63) is 29.8 Å². The summed E-state index contributed by atoms with van der Waals surface area (Å²) in [5.74, 6) is 1.20. The molecular formula is C18H27N3O3. The molecule has 1 fully saturated rings. The van der Waals surface area contributed by atoms with Gasteiger partial charge in [0, 0.05) is 27.2 Å². The van der Waals surface area contributed by atoms with Gasteiger partial charge in [-0.1, -0.05) is 18.2 Å². The fourth-order valence-electron chi connectivity index (χ4n) is 3.12. The number of rotatable bonds is 4. The summed E-state index contributed by atoms with van der Waals surface area (Å²) in [5.41, 5.74) is 1.20. The second kappa shape index (κ2) is 8.04. The van der Waals surface area contributed by atoms with Crippen LogP contribution in [0.15, 0.2) is 24.3 Å². The zero-order valence-corrected chi connectivity index (χ0v) is 14.9. The lowest BCUT2D eigenvalue weighted by atomic mass is 9.89. The first-order valence-electron chi connectivity index (χ1n) is 8.33. The number of benzene rings is 1. The number of nitrogens with zero attached hydrogens (tertiary/aromatic N) is 2. The Kier molecular flexibility index (Phi) is 6.06. The average Bonchev–Trinajstić information content (AvgIpc) is 2.60. The van der Waals surface area contributed by atoms with Crippen LogP contribution in [0, 0.1) is 0 Å². The number of likely N-dealkylation sites (N-methyl/N-ethyl adjacent to an activating group) is 1. The van der Waals surface area contributed by atoms with Crippen LogP contribution in [0.3, 0.4) is 0 Å². The summed E-state index contributed by atoms with van der Waals surface area (Å²) in [4.78, 5) is 27.4. The predicted molar refractivity (Wildman–Crippen MR) is 93.2 cm³/mol. The standard InChI is InChI=1S/C18H27N3O3/c1-13(17(22)20(2)3)19-18(23)21-11-9-14(10-12-21)15-7-5-6-8-16(15)24-4/h5-8,13-14H,9-12H2,1-4H3,(H,19,23). The lowest BCUT2D eigenvalue weighted by molar-refractivity contribution is -0.130. The largest absolute Gasteiger partial charge is 0.496 e. The third-order valence-corrected chi connectivity index (χ3v) is 4.51. The highest BCUT2D eigenvalue weighted by Crippen LogP contribution is 2.33. The summed E-state index contributed by atoms with van der Waals surface area (Å²) >= 11 is 0. The number of hydrogen-bond donors (Lipinski definition) is 1. The van der Waals surface area contributed by atoms with E-state index >= 15 is 0 Å². The molecule has 0 aromatic heterocycles. The van der Waals surface area contributed by atoms with Crippen LogP contribution in [0.25, 0.3) is 0 Å². The molecule has 3 amide bonds. The summed E-state index contributed by atoms with van der Waals surface area (Å²) in [6, 6.07) is 7.37. The third-order valence-electron chi connectivity index (χ3n) is 4.51. The van der Waals surface area contributed by atoms with E-state index in [0.29, 0.717) is 19.0 Å². The number of nitrogens with one attached hydrogen (secondary N) is 1. The molecule has 0 bridgehead atoms. The van der Waals surface area contributed by atoms with Gasteiger partial charge in [0.2, 0.25) is 5.91 Å². The maximum absolute atomic E-state index is 12.3. The summed E-state index contributed by atoms with van der Waals surface area (Å²) in [7, 11) is 5.05. The molecule has 1 saturated heterocycles. The molecule has 1 aromatic carbocycles. The number of carbonyl (C=O) groups excluding carboxylic acids is 2. The molecule has 1 aliphatic heterocycles. The molecule has 6 heteroatoms. The molecule has 1 heterocycles. The molecule has 1 unspecified atom stereocenters. The minimum absolute atomic E-state index is 0.104. The van der Waals surface area contributed by atoms with E-state index in [-0.39, 0.29) is 11.9 Å². The van der Waals surface area contributed by atoms with Crippen LogP contribution in [0.5, 0.6) is 5.75 Å². The maximum atomic E-state index is 12.3. The summed E-state index contributed by atoms with van der Waals surface area (Å²) in [6.45, 7) is 3.07. The molecule has 24 heavy (non-hydrogen) atoms. The highest BCUT2D eigenvalue weighted by Gasteiger charge is 2.27. The molecule has 1 N–H and O–H groups in total. The Labute approximate surface area is 143 Å². The van der Waals surface area contributed by atoms with Gasteiger partial charge in [-0.2, -0.15) is 0 Å². The summed E-state index contributed by atoms with van der Waals surface area (Å²) < 4.78 is 5.44. The van der Waals surface area contributed by atoms with Crippen molar-refractivity contribution in [1.29, 1.82) is 0 Å². The molecule has 1 atom stereocenters. The highest BCUT2D eigenvalue weighted by atomic mass is 16.5. The topological polar surface area (TPSA) is 61.9 Å². The molecule has 2 rings (SSSR count). The first kappa shape index (κ1) is 18.1. The van der Waals surface area contributed by atoms with E-state index in [1.54, 1.807) is 33.0 Å². The number of para-hydroxylation sites is 1. The second-order valence-electron chi connectivity index (χ2n) is 6.41. The minimum atomic E-state index is -0.514. The molecular weight excluding hydrogens is 306 g/mol. The predicted octanol–water partition coefficient (Wildman–Crippen LogP) is 2.06. The van der Waals surface area contributed by atoms with Crippen LogP contribution in [0.1, 0.15) is 31.2 Å². The molecule has 6 nitrogen and oxygen atoms in total. The fourth-order valence-corrected chi connectivity index (χ4v) is 3.12. The quantitative estimate of drug-likeness (QED) is 0.917. The van der Waals surface area contributed by atoms with E-state index in [9.17, 15) is 9.59 Å². The van der Waals surface area contributed by atoms with Crippen molar-refractivity contribution in [2.24, 2.45) is 0 Å². The Morgan fingerprint density at radius 3 is 2.46 bits per heavy atom. The number of piperidine rings is 1. The van der Waals surface area contributed by atoms with Gasteiger partial charge in [-0.15, -0.1) is 0 Å². The van der Waals surface area contributed by atoms with Crippen molar-refractivity contribution >= 4 is 11.9 Å². The number of carbonyl (C=O) groups is 2. The number of methoxy groups -OCH3 is 1. The number of hydrogen-bond acceptors (Lipinski definition) is 3. The van der Waals surface area contributed by atoms with Crippen LogP contribution in [-0.4, -0.2) is 62.1 Å². The van der Waals surface area contributed by atoms with Crippen LogP contribution in [0.4, 0.5) is 4.79 Å². The van der Waals surface area contributed by atoms with E-state index in [1.165, 1.54) is 10.5 Å². The smallest absolute Gasteiger partial charge is 0.318 e. The van der Waals surface area contributed by atoms with Gasteiger partial charge in [0.25, 0.3) is 0 Å². The Bertz CT molecular complexity index is 581. The Hall–Kier alpha value is -2.24. The SMILES string of the molecule is COc1ccccc1C1CCN(C(=O)NC(C)C(=O)N(C)C)CC1. The Balaban J connectivity index is 1.90. The van der Waals surface area contributed by atoms with E-state index in [4.69, 9.17) is 4.74 Å². The molecule has 0 spiro atoms. The monoisotopic (exact) mass is 333 g/mol. The van der Waals surface area contributed by atoms with Gasteiger partial charge in [0.1, 0.15) is 11.8 Å². The van der Waals surface area contributed by atoms with Gasteiger partial charge < -0.3 is 19.9 Å². The Morgan fingerprint density at radius 1 is 1.25 bits per heavy atom. The molecule has 1 aliphatic rings. The van der Waals surface area contributed by atoms with Crippen LogP contribution in [-0.2, 0) is 4.79 Å². The van der Waals surface area contributed by atoms with Crippen molar-refractivity contribution in [3.8, 4) is 5.75 Å². The maximum Gasteiger partial charge on any atom is 0.318 e. The third kappa shape index (κ3) is 4.19. The van der Waals surface area contributed by atoms with E-state index in [1.807, 2.05) is 18.2 Å². The van der Waals surface area contributed by atoms with Gasteiger partial charge in [0.05, 0.1) is 7.11 Å². The highest BCUT2D eigenvalue weighted by molar-refractivity contribution is 5.86. The number of likely N-dealkylation sites (tertiary alicyclic amines) is 1. The molecule has 1 aromatic rings. The van der Waals surface area contributed by atoms with Crippen molar-refractivity contribution < 1.29 is 14.3 Å². The van der Waals surface area contributed by atoms with Crippen molar-refractivity contribution in [2.45, 2.75) is 31.7 Å². The van der Waals surface area contributed by atoms with Gasteiger partial charge in [-0.05, 0) is 37.3 Å². The van der Waals surface area contributed by atoms with E-state index in [2.05, 4.69) is 11.4 Å². The lowest BCUT2D eigenvalue weighted by Crippen LogP contribution is -2.51. The normalized spacial score (nSPS) is 16.4. The summed E-state index contributed by atoms with van der Waals surface area (Å²) in [5, 5.41) is 2.78. The van der Waals surface area contributed by atoms with Gasteiger partial charge in [-0.3, -0.25) is 4.79 Å². The van der Waals surface area contributed by atoms with Gasteiger partial charge in [0.15, 0.2) is 0 Å². The molecule has 132 valence electrons. The van der Waals surface area contributed by atoms with Crippen molar-refractivity contribution in [3.63, 3.8) is 0 Å². The lowest BCUT2D eigenvalue weighted by Gasteiger charge is -2.33. The molecule has 0 radical (unpaired) electrons. The zero-order valence-electron chi connectivity index (χ0n) is 14.9. The van der Waals surface area contributed by atoms with Crippen LogP contribution in [0.2, 0.25) is 0 Å². The average molecular weight is 333 g/mol. The number of amides is 3. The van der Waals surface area contributed by atoms with Crippen LogP contribution < -0.4 is 10.1 Å². The summed E-state index contributed by atoms with van der Waals surface area (Å²) in [6.07, 6.45) is 1.79. The first-order valence-corrected chi connectivity index (χ1v) is 8.33. The first-order chi connectivity index (χ1) is 11.4. The molecule has 0 aliphatic carbocycles. The zero-order chi connectivity index (χ0) is 17.7. The fraction of sp³-hybridized carbons (Fsp3) is 0.556. The number of urea groups is 1. The van der Waals surface area contributed by atoms with E-state index in [0.717, 1.165) is 18.6 Å². The molecule has 0 saturated carbocycles. The number of ether oxygens (including phenoxy) is 1. The van der Waals surface area contributed by atoms with Crippen LogP contribution >= 0.6 is 0 Å². The minimum Gasteiger partial charge on any atom is -0.496 e. The van der Waals surface area contributed by atoms with E-state index < -0.39 is 6.04 Å².